The van der Waals surface area contributed by atoms with Crippen LogP contribution in [-0.2, 0) is 17.8 Å². The van der Waals surface area contributed by atoms with Crippen molar-refractivity contribution >= 4 is 28.5 Å². The monoisotopic (exact) mass is 369 g/mol. The Morgan fingerprint density at radius 2 is 1.92 bits per heavy atom. The maximum absolute atomic E-state index is 12.4. The lowest BCUT2D eigenvalue weighted by Gasteiger charge is -2.12. The number of rotatable bonds is 6. The number of aryl methyl sites for hydroxylation is 1. The van der Waals surface area contributed by atoms with E-state index in [0.29, 0.717) is 5.58 Å². The van der Waals surface area contributed by atoms with Gasteiger partial charge in [0, 0.05) is 18.0 Å². The van der Waals surface area contributed by atoms with E-state index in [2.05, 4.69) is 12.2 Å². The van der Waals surface area contributed by atoms with E-state index in [0.717, 1.165) is 29.4 Å². The molecule has 0 saturated heterocycles. The Balaban J connectivity index is 1.82. The van der Waals surface area contributed by atoms with Gasteiger partial charge in [0.05, 0.1) is 0 Å². The second-order valence-electron chi connectivity index (χ2n) is 6.16. The van der Waals surface area contributed by atoms with Crippen LogP contribution in [-0.4, -0.2) is 5.91 Å². The normalized spacial score (nSPS) is 12.1. The van der Waals surface area contributed by atoms with E-state index < -0.39 is 11.0 Å². The number of fused-ring (bicyclic) bond motifs is 1. The average Bonchev–Trinajstić information content (AvgIpc) is 2.66. The Bertz CT molecular complexity index is 966. The van der Waals surface area contributed by atoms with Crippen molar-refractivity contribution in [2.75, 3.05) is 0 Å². The van der Waals surface area contributed by atoms with Crippen molar-refractivity contribution in [2.45, 2.75) is 31.7 Å². The van der Waals surface area contributed by atoms with Gasteiger partial charge in [0.1, 0.15) is 11.0 Å². The molecule has 2 aromatic carbocycles. The molecule has 0 radical (unpaired) electrons. The van der Waals surface area contributed by atoms with E-state index in [1.165, 1.54) is 11.6 Å². The molecule has 0 saturated carbocycles. The third-order valence-electron chi connectivity index (χ3n) is 4.21. The summed E-state index contributed by atoms with van der Waals surface area (Å²) in [6, 6.07) is 16.4. The molecule has 0 fully saturated rings. The molecule has 1 atom stereocenters. The van der Waals surface area contributed by atoms with Crippen molar-refractivity contribution in [3.8, 4) is 0 Å². The van der Waals surface area contributed by atoms with Crippen molar-refractivity contribution in [1.29, 1.82) is 0 Å². The van der Waals surface area contributed by atoms with E-state index in [4.69, 9.17) is 16.0 Å². The van der Waals surface area contributed by atoms with Crippen LogP contribution in [0, 0.1) is 0 Å². The topological polar surface area (TPSA) is 59.3 Å². The van der Waals surface area contributed by atoms with E-state index in [9.17, 15) is 9.59 Å². The number of benzene rings is 2. The van der Waals surface area contributed by atoms with Crippen LogP contribution in [0.2, 0.25) is 0 Å². The van der Waals surface area contributed by atoms with Gasteiger partial charge >= 0.3 is 5.63 Å². The summed E-state index contributed by atoms with van der Waals surface area (Å²) in [5.41, 5.74) is 2.71. The molecule has 1 unspecified atom stereocenters. The quantitative estimate of drug-likeness (QED) is 0.519. The van der Waals surface area contributed by atoms with Gasteiger partial charge < -0.3 is 9.73 Å². The zero-order chi connectivity index (χ0) is 18.5. The minimum atomic E-state index is -0.779. The summed E-state index contributed by atoms with van der Waals surface area (Å²) in [4.78, 5) is 24.2. The zero-order valence-electron chi connectivity index (χ0n) is 14.5. The molecule has 5 heteroatoms. The number of carbonyl (C=O) groups excluding carboxylic acids is 1. The molecule has 4 nitrogen and oxygen atoms in total. The molecule has 1 N–H and O–H groups in total. The summed E-state index contributed by atoms with van der Waals surface area (Å²) in [7, 11) is 0. The fraction of sp³-hybridized carbons (Fsp3) is 0.238. The lowest BCUT2D eigenvalue weighted by atomic mass is 10.0. The summed E-state index contributed by atoms with van der Waals surface area (Å²) in [6.45, 7) is 2.33. The van der Waals surface area contributed by atoms with Gasteiger partial charge in [-0.25, -0.2) is 4.79 Å². The summed E-state index contributed by atoms with van der Waals surface area (Å²) in [6.07, 6.45) is 1.97. The molecular formula is C21H20ClNO3. The van der Waals surface area contributed by atoms with Crippen molar-refractivity contribution in [3.63, 3.8) is 0 Å². The smallest absolute Gasteiger partial charge is 0.336 e. The third-order valence-corrected chi connectivity index (χ3v) is 4.66. The van der Waals surface area contributed by atoms with Crippen molar-refractivity contribution < 1.29 is 9.21 Å². The molecule has 1 aromatic heterocycles. The highest BCUT2D eigenvalue weighted by molar-refractivity contribution is 6.30. The van der Waals surface area contributed by atoms with E-state index in [1.807, 2.05) is 30.3 Å². The molecular weight excluding hydrogens is 350 g/mol. The highest BCUT2D eigenvalue weighted by atomic mass is 35.5. The number of halogens is 1. The Labute approximate surface area is 156 Å². The Kier molecular flexibility index (Phi) is 5.74. The maximum atomic E-state index is 12.4. The van der Waals surface area contributed by atoms with Crippen LogP contribution in [0.1, 0.15) is 35.4 Å². The second kappa shape index (κ2) is 8.19. The molecule has 0 aliphatic carbocycles. The van der Waals surface area contributed by atoms with Crippen molar-refractivity contribution in [2.24, 2.45) is 0 Å². The second-order valence-corrected chi connectivity index (χ2v) is 6.60. The number of hydrogen-bond donors (Lipinski definition) is 1. The zero-order valence-corrected chi connectivity index (χ0v) is 15.3. The van der Waals surface area contributed by atoms with Gasteiger partial charge in [0.2, 0.25) is 5.91 Å². The number of alkyl halides is 1. The molecule has 1 amide bonds. The van der Waals surface area contributed by atoms with E-state index in [-0.39, 0.29) is 12.5 Å². The van der Waals surface area contributed by atoms with Crippen LogP contribution < -0.4 is 10.9 Å². The summed E-state index contributed by atoms with van der Waals surface area (Å²) < 4.78 is 5.26. The molecule has 26 heavy (non-hydrogen) atoms. The number of amides is 1. The molecule has 1 heterocycles. The molecule has 3 rings (SSSR count). The molecule has 0 aliphatic heterocycles. The van der Waals surface area contributed by atoms with Gasteiger partial charge in [-0.2, -0.15) is 0 Å². The van der Waals surface area contributed by atoms with Gasteiger partial charge in [-0.15, -0.1) is 11.6 Å². The average molecular weight is 370 g/mol. The van der Waals surface area contributed by atoms with Gasteiger partial charge in [-0.05, 0) is 35.2 Å². The van der Waals surface area contributed by atoms with Crippen LogP contribution in [0.5, 0.6) is 0 Å². The van der Waals surface area contributed by atoms with Crippen LogP contribution in [0.25, 0.3) is 11.0 Å². The minimum Gasteiger partial charge on any atom is -0.423 e. The Morgan fingerprint density at radius 1 is 1.15 bits per heavy atom. The first-order valence-electron chi connectivity index (χ1n) is 8.61. The standard InChI is InChI=1S/C21H20ClNO3/c1-2-6-14-9-10-18-17(11-14)16(12-19(24)26-18)13-23-21(25)20(22)15-7-4-3-5-8-15/h3-5,7-12,20H,2,6,13H2,1H3,(H,23,25). The Hall–Kier alpha value is -2.59. The third kappa shape index (κ3) is 4.14. The lowest BCUT2D eigenvalue weighted by Crippen LogP contribution is -2.27. The van der Waals surface area contributed by atoms with Gasteiger partial charge in [0.25, 0.3) is 0 Å². The largest absolute Gasteiger partial charge is 0.423 e. The predicted molar refractivity (Wildman–Crippen MR) is 103 cm³/mol. The van der Waals surface area contributed by atoms with E-state index in [1.54, 1.807) is 18.2 Å². The van der Waals surface area contributed by atoms with Gasteiger partial charge in [-0.3, -0.25) is 4.79 Å². The SMILES string of the molecule is CCCc1ccc2oc(=O)cc(CNC(=O)C(Cl)c3ccccc3)c2c1. The van der Waals surface area contributed by atoms with Gasteiger partial charge in [-0.1, -0.05) is 49.7 Å². The summed E-state index contributed by atoms with van der Waals surface area (Å²) in [5.74, 6) is -0.302. The van der Waals surface area contributed by atoms with Crippen LogP contribution in [0.15, 0.2) is 63.8 Å². The number of hydrogen-bond acceptors (Lipinski definition) is 3. The highest BCUT2D eigenvalue weighted by Gasteiger charge is 2.17. The molecule has 3 aromatic rings. The molecule has 0 bridgehead atoms. The first-order valence-corrected chi connectivity index (χ1v) is 9.04. The predicted octanol–water partition coefficient (Wildman–Crippen LogP) is 4.34. The first-order chi connectivity index (χ1) is 12.6. The van der Waals surface area contributed by atoms with Crippen LogP contribution in [0.4, 0.5) is 0 Å². The van der Waals surface area contributed by atoms with Crippen molar-refractivity contribution in [3.05, 3.63) is 81.7 Å². The van der Waals surface area contributed by atoms with Gasteiger partial charge in [0.15, 0.2) is 0 Å². The molecule has 0 spiro atoms. The minimum absolute atomic E-state index is 0.215. The number of nitrogens with one attached hydrogen (secondary N) is 1. The summed E-state index contributed by atoms with van der Waals surface area (Å²) >= 11 is 6.25. The Morgan fingerprint density at radius 3 is 2.65 bits per heavy atom. The molecule has 134 valence electrons. The van der Waals surface area contributed by atoms with Crippen LogP contribution in [0.3, 0.4) is 0 Å². The first kappa shape index (κ1) is 18.2. The fourth-order valence-corrected chi connectivity index (χ4v) is 3.13. The van der Waals surface area contributed by atoms with E-state index >= 15 is 0 Å². The lowest BCUT2D eigenvalue weighted by molar-refractivity contribution is -0.121. The summed E-state index contributed by atoms with van der Waals surface area (Å²) in [5, 5.41) is 2.87. The number of carbonyl (C=O) groups is 1. The fourth-order valence-electron chi connectivity index (χ4n) is 2.91. The molecule has 0 aliphatic rings. The maximum Gasteiger partial charge on any atom is 0.336 e. The van der Waals surface area contributed by atoms with Crippen molar-refractivity contribution in [1.82, 2.24) is 5.32 Å². The van der Waals surface area contributed by atoms with Crippen LogP contribution >= 0.6 is 11.6 Å². The highest BCUT2D eigenvalue weighted by Crippen LogP contribution is 2.22.